The van der Waals surface area contributed by atoms with Crippen molar-refractivity contribution in [3.63, 3.8) is 0 Å². The molecule has 1 aliphatic heterocycles. The standard InChI is InChI=1S/C18H22BrN3O4S/c1-13(14-3-5-17(25-2)16(19)11-14)21-18-6-4-15(12-20-18)27(23,24)22-7-9-26-10-8-22/h3-6,11-13H,7-10H2,1-2H3,(H,20,21). The molecule has 1 atom stereocenters. The van der Waals surface area contributed by atoms with E-state index in [1.165, 1.54) is 10.5 Å². The molecule has 2 aromatic rings. The van der Waals surface area contributed by atoms with Crippen LogP contribution in [0.25, 0.3) is 0 Å². The summed E-state index contributed by atoms with van der Waals surface area (Å²) in [6.45, 7) is 3.58. The number of methoxy groups -OCH3 is 1. The number of ether oxygens (including phenoxy) is 2. The summed E-state index contributed by atoms with van der Waals surface area (Å²) < 4.78 is 38.0. The van der Waals surface area contributed by atoms with E-state index in [1.54, 1.807) is 19.2 Å². The fourth-order valence-corrected chi connectivity index (χ4v) is 4.72. The molecule has 0 bridgehead atoms. The number of hydrogen-bond donors (Lipinski definition) is 1. The van der Waals surface area contributed by atoms with Gasteiger partial charge in [-0.25, -0.2) is 13.4 Å². The lowest BCUT2D eigenvalue weighted by Crippen LogP contribution is -2.40. The summed E-state index contributed by atoms with van der Waals surface area (Å²) in [5, 5.41) is 3.28. The number of nitrogens with one attached hydrogen (secondary N) is 1. The Labute approximate surface area is 167 Å². The first-order valence-electron chi connectivity index (χ1n) is 8.56. The van der Waals surface area contributed by atoms with E-state index in [4.69, 9.17) is 9.47 Å². The molecule has 146 valence electrons. The van der Waals surface area contributed by atoms with E-state index >= 15 is 0 Å². The molecular weight excluding hydrogens is 434 g/mol. The molecule has 3 rings (SSSR count). The first kappa shape index (κ1) is 20.1. The summed E-state index contributed by atoms with van der Waals surface area (Å²) >= 11 is 3.48. The number of halogens is 1. The molecule has 0 amide bonds. The van der Waals surface area contributed by atoms with Gasteiger partial charge in [0.05, 0.1) is 24.8 Å². The van der Waals surface area contributed by atoms with Crippen molar-refractivity contribution in [2.24, 2.45) is 0 Å². The molecule has 2 heterocycles. The maximum atomic E-state index is 12.6. The number of pyridine rings is 1. The van der Waals surface area contributed by atoms with Gasteiger partial charge in [-0.3, -0.25) is 0 Å². The maximum absolute atomic E-state index is 12.6. The van der Waals surface area contributed by atoms with Crippen molar-refractivity contribution in [3.8, 4) is 5.75 Å². The normalized spacial score (nSPS) is 16.7. The van der Waals surface area contributed by atoms with Gasteiger partial charge in [0.25, 0.3) is 0 Å². The van der Waals surface area contributed by atoms with E-state index in [9.17, 15) is 8.42 Å². The minimum Gasteiger partial charge on any atom is -0.496 e. The smallest absolute Gasteiger partial charge is 0.244 e. The van der Waals surface area contributed by atoms with Crippen LogP contribution in [0.2, 0.25) is 0 Å². The van der Waals surface area contributed by atoms with Crippen molar-refractivity contribution in [2.75, 3.05) is 38.7 Å². The number of nitrogens with zero attached hydrogens (tertiary/aromatic N) is 2. The molecule has 0 spiro atoms. The molecule has 1 fully saturated rings. The third kappa shape index (κ3) is 4.60. The monoisotopic (exact) mass is 455 g/mol. The van der Waals surface area contributed by atoms with Crippen molar-refractivity contribution >= 4 is 31.8 Å². The van der Waals surface area contributed by atoms with Crippen molar-refractivity contribution in [2.45, 2.75) is 17.9 Å². The minimum absolute atomic E-state index is 0.0126. The van der Waals surface area contributed by atoms with Gasteiger partial charge in [0, 0.05) is 25.3 Å². The molecular formula is C18H22BrN3O4S. The fraction of sp³-hybridized carbons (Fsp3) is 0.389. The Kier molecular flexibility index (Phi) is 6.36. The number of sulfonamides is 1. The quantitative estimate of drug-likeness (QED) is 0.720. The van der Waals surface area contributed by atoms with E-state index < -0.39 is 10.0 Å². The molecule has 1 aliphatic rings. The largest absolute Gasteiger partial charge is 0.496 e. The highest BCUT2D eigenvalue weighted by atomic mass is 79.9. The van der Waals surface area contributed by atoms with Gasteiger partial charge < -0.3 is 14.8 Å². The second-order valence-corrected chi connectivity index (χ2v) is 8.95. The Morgan fingerprint density at radius 3 is 2.59 bits per heavy atom. The van der Waals surface area contributed by atoms with Crippen molar-refractivity contribution in [1.82, 2.24) is 9.29 Å². The molecule has 1 aromatic heterocycles. The van der Waals surface area contributed by atoms with E-state index in [0.29, 0.717) is 32.1 Å². The second kappa shape index (κ2) is 8.55. The van der Waals surface area contributed by atoms with Crippen molar-refractivity contribution in [1.29, 1.82) is 0 Å². The molecule has 9 heteroatoms. The van der Waals surface area contributed by atoms with Crippen LogP contribution in [-0.2, 0) is 14.8 Å². The first-order chi connectivity index (χ1) is 12.9. The summed E-state index contributed by atoms with van der Waals surface area (Å²) in [6, 6.07) is 9.09. The molecule has 1 saturated heterocycles. The molecule has 0 radical (unpaired) electrons. The number of morpholine rings is 1. The van der Waals surface area contributed by atoms with Gasteiger partial charge in [-0.15, -0.1) is 0 Å². The molecule has 7 nitrogen and oxygen atoms in total. The predicted molar refractivity (Wildman–Crippen MR) is 107 cm³/mol. The average molecular weight is 456 g/mol. The average Bonchev–Trinajstić information content (AvgIpc) is 2.69. The predicted octanol–water partition coefficient (Wildman–Crippen LogP) is 3.05. The fourth-order valence-electron chi connectivity index (χ4n) is 2.81. The molecule has 1 unspecified atom stereocenters. The number of anilines is 1. The van der Waals surface area contributed by atoms with Crippen LogP contribution in [0.3, 0.4) is 0 Å². The highest BCUT2D eigenvalue weighted by Gasteiger charge is 2.26. The summed E-state index contributed by atoms with van der Waals surface area (Å²) in [5.41, 5.74) is 1.05. The summed E-state index contributed by atoms with van der Waals surface area (Å²) in [4.78, 5) is 4.47. The van der Waals surface area contributed by atoms with Gasteiger partial charge in [-0.05, 0) is 52.7 Å². The van der Waals surface area contributed by atoms with Gasteiger partial charge in [-0.2, -0.15) is 4.31 Å². The van der Waals surface area contributed by atoms with Crippen molar-refractivity contribution in [3.05, 3.63) is 46.6 Å². The van der Waals surface area contributed by atoms with Gasteiger partial charge in [0.2, 0.25) is 10.0 Å². The summed E-state index contributed by atoms with van der Waals surface area (Å²) in [7, 11) is -1.91. The van der Waals surface area contributed by atoms with E-state index in [-0.39, 0.29) is 10.9 Å². The third-order valence-electron chi connectivity index (χ3n) is 4.38. The Morgan fingerprint density at radius 1 is 1.26 bits per heavy atom. The van der Waals surface area contributed by atoms with Gasteiger partial charge in [0.15, 0.2) is 0 Å². The molecule has 1 aromatic carbocycles. The number of benzene rings is 1. The topological polar surface area (TPSA) is 80.8 Å². The Hall–Kier alpha value is -1.68. The van der Waals surface area contributed by atoms with E-state index in [2.05, 4.69) is 26.2 Å². The minimum atomic E-state index is -3.53. The van der Waals surface area contributed by atoms with E-state index in [1.807, 2.05) is 25.1 Å². The van der Waals surface area contributed by atoms with Crippen LogP contribution in [0.15, 0.2) is 45.9 Å². The van der Waals surface area contributed by atoms with Gasteiger partial charge in [-0.1, -0.05) is 6.07 Å². The van der Waals surface area contributed by atoms with Crippen LogP contribution in [0, 0.1) is 0 Å². The Bertz CT molecular complexity index is 884. The second-order valence-electron chi connectivity index (χ2n) is 6.16. The van der Waals surface area contributed by atoms with Crippen LogP contribution in [0.5, 0.6) is 5.75 Å². The molecule has 0 saturated carbocycles. The maximum Gasteiger partial charge on any atom is 0.244 e. The Morgan fingerprint density at radius 2 is 2.00 bits per heavy atom. The zero-order valence-electron chi connectivity index (χ0n) is 15.2. The van der Waals surface area contributed by atoms with E-state index in [0.717, 1.165) is 15.8 Å². The van der Waals surface area contributed by atoms with Crippen LogP contribution < -0.4 is 10.1 Å². The lowest BCUT2D eigenvalue weighted by molar-refractivity contribution is 0.0730. The number of hydrogen-bond acceptors (Lipinski definition) is 6. The number of rotatable bonds is 6. The van der Waals surface area contributed by atoms with Crippen LogP contribution in [0.1, 0.15) is 18.5 Å². The zero-order valence-corrected chi connectivity index (χ0v) is 17.6. The van der Waals surface area contributed by atoms with Crippen LogP contribution in [-0.4, -0.2) is 51.1 Å². The highest BCUT2D eigenvalue weighted by molar-refractivity contribution is 9.10. The van der Waals surface area contributed by atoms with Crippen LogP contribution >= 0.6 is 15.9 Å². The van der Waals surface area contributed by atoms with Crippen LogP contribution in [0.4, 0.5) is 5.82 Å². The number of aromatic nitrogens is 1. The summed E-state index contributed by atoms with van der Waals surface area (Å²) in [6.07, 6.45) is 1.39. The Balaban J connectivity index is 1.71. The highest BCUT2D eigenvalue weighted by Crippen LogP contribution is 2.29. The van der Waals surface area contributed by atoms with Gasteiger partial charge >= 0.3 is 0 Å². The zero-order chi connectivity index (χ0) is 19.4. The molecule has 0 aliphatic carbocycles. The van der Waals surface area contributed by atoms with Crippen molar-refractivity contribution < 1.29 is 17.9 Å². The SMILES string of the molecule is COc1ccc(C(C)Nc2ccc(S(=O)(=O)N3CCOCC3)cn2)cc1Br. The van der Waals surface area contributed by atoms with Gasteiger partial charge in [0.1, 0.15) is 16.5 Å². The first-order valence-corrected chi connectivity index (χ1v) is 10.8. The lowest BCUT2D eigenvalue weighted by Gasteiger charge is -2.26. The summed E-state index contributed by atoms with van der Waals surface area (Å²) in [5.74, 6) is 1.37. The third-order valence-corrected chi connectivity index (χ3v) is 6.89. The molecule has 1 N–H and O–H groups in total. The lowest BCUT2D eigenvalue weighted by atomic mass is 10.1. The molecule has 27 heavy (non-hydrogen) atoms.